The van der Waals surface area contributed by atoms with Crippen molar-refractivity contribution < 1.29 is 19.4 Å². The van der Waals surface area contributed by atoms with Crippen LogP contribution in [0.2, 0.25) is 0 Å². The molecule has 1 aromatic rings. The molecule has 0 spiro atoms. The Labute approximate surface area is 85.5 Å². The highest BCUT2D eigenvalue weighted by Crippen LogP contribution is 2.20. The van der Waals surface area contributed by atoms with Gasteiger partial charge in [0, 0.05) is 5.56 Å². The molecular weight excluding hydrogens is 198 g/mol. The minimum atomic E-state index is -0.784. The van der Waals surface area contributed by atoms with Crippen LogP contribution in [0.5, 0.6) is 5.75 Å². The van der Waals surface area contributed by atoms with E-state index in [4.69, 9.17) is 5.26 Å². The molecule has 5 nitrogen and oxygen atoms in total. The van der Waals surface area contributed by atoms with Crippen molar-refractivity contribution in [2.75, 3.05) is 7.11 Å². The van der Waals surface area contributed by atoms with Gasteiger partial charge >= 0.3 is 5.97 Å². The number of phenolic OH excluding ortho intramolecular Hbond substituents is 1. The number of aldehydes is 1. The van der Waals surface area contributed by atoms with Crippen molar-refractivity contribution in [3.63, 3.8) is 0 Å². The number of hydrogen-bond donors (Lipinski definition) is 1. The van der Waals surface area contributed by atoms with Gasteiger partial charge in [0.25, 0.3) is 0 Å². The van der Waals surface area contributed by atoms with E-state index in [1.54, 1.807) is 6.07 Å². The van der Waals surface area contributed by atoms with E-state index in [9.17, 15) is 14.7 Å². The quantitative estimate of drug-likeness (QED) is 0.571. The number of benzene rings is 1. The van der Waals surface area contributed by atoms with E-state index in [1.165, 1.54) is 0 Å². The van der Waals surface area contributed by atoms with Gasteiger partial charge in [-0.15, -0.1) is 0 Å². The number of methoxy groups -OCH3 is 1. The van der Waals surface area contributed by atoms with E-state index >= 15 is 0 Å². The van der Waals surface area contributed by atoms with Crippen molar-refractivity contribution >= 4 is 12.3 Å². The molecule has 0 aliphatic rings. The van der Waals surface area contributed by atoms with Crippen LogP contribution in [0.4, 0.5) is 0 Å². The van der Waals surface area contributed by atoms with Crippen molar-refractivity contribution in [2.45, 2.75) is 0 Å². The van der Waals surface area contributed by atoms with E-state index in [0.29, 0.717) is 6.29 Å². The maximum atomic E-state index is 11.3. The standard InChI is InChI=1S/C10H7NO4/c1-15-10(14)9-6(4-11)2-8(13)3-7(9)5-12/h2-3,5,13H,1H3. The first kappa shape index (κ1) is 10.7. The summed E-state index contributed by atoms with van der Waals surface area (Å²) in [5.41, 5.74) is -0.296. The fourth-order valence-corrected chi connectivity index (χ4v) is 1.16. The normalized spacial score (nSPS) is 9.07. The molecule has 0 atom stereocenters. The number of hydrogen-bond acceptors (Lipinski definition) is 5. The third-order valence-electron chi connectivity index (χ3n) is 1.79. The highest BCUT2D eigenvalue weighted by molar-refractivity contribution is 6.00. The third kappa shape index (κ3) is 1.94. The molecule has 0 fully saturated rings. The summed E-state index contributed by atoms with van der Waals surface area (Å²) >= 11 is 0. The van der Waals surface area contributed by atoms with Crippen LogP contribution in [0, 0.1) is 11.3 Å². The molecule has 0 heterocycles. The Morgan fingerprint density at radius 2 is 2.27 bits per heavy atom. The maximum absolute atomic E-state index is 11.3. The summed E-state index contributed by atoms with van der Waals surface area (Å²) in [7, 11) is 1.14. The van der Waals surface area contributed by atoms with Gasteiger partial charge in [-0.2, -0.15) is 5.26 Å². The Hall–Kier alpha value is -2.35. The smallest absolute Gasteiger partial charge is 0.339 e. The molecule has 0 aliphatic carbocycles. The van der Waals surface area contributed by atoms with Gasteiger partial charge in [0.15, 0.2) is 6.29 Å². The van der Waals surface area contributed by atoms with Crippen LogP contribution in [0.15, 0.2) is 12.1 Å². The predicted molar refractivity (Wildman–Crippen MR) is 49.5 cm³/mol. The van der Waals surface area contributed by atoms with Crippen molar-refractivity contribution in [2.24, 2.45) is 0 Å². The molecule has 0 amide bonds. The van der Waals surface area contributed by atoms with E-state index in [-0.39, 0.29) is 22.4 Å². The maximum Gasteiger partial charge on any atom is 0.339 e. The van der Waals surface area contributed by atoms with Crippen LogP contribution in [0.3, 0.4) is 0 Å². The summed E-state index contributed by atoms with van der Waals surface area (Å²) in [5.74, 6) is -1.03. The Kier molecular flexibility index (Phi) is 3.03. The van der Waals surface area contributed by atoms with E-state index in [2.05, 4.69) is 4.74 Å². The molecule has 15 heavy (non-hydrogen) atoms. The number of phenols is 1. The number of esters is 1. The average Bonchev–Trinajstić information content (AvgIpc) is 2.26. The molecule has 5 heteroatoms. The zero-order valence-electron chi connectivity index (χ0n) is 7.85. The minimum Gasteiger partial charge on any atom is -0.508 e. The van der Waals surface area contributed by atoms with Gasteiger partial charge in [-0.1, -0.05) is 0 Å². The summed E-state index contributed by atoms with van der Waals surface area (Å²) in [5, 5.41) is 17.9. The molecule has 1 aromatic carbocycles. The first-order valence-corrected chi connectivity index (χ1v) is 3.94. The van der Waals surface area contributed by atoms with Gasteiger partial charge in [-0.25, -0.2) is 4.79 Å². The van der Waals surface area contributed by atoms with Crippen LogP contribution in [-0.4, -0.2) is 24.5 Å². The highest BCUT2D eigenvalue weighted by Gasteiger charge is 2.18. The van der Waals surface area contributed by atoms with Gasteiger partial charge in [-0.05, 0) is 12.1 Å². The molecule has 1 N–H and O–H groups in total. The molecule has 0 aliphatic heterocycles. The molecule has 1 rings (SSSR count). The van der Waals surface area contributed by atoms with E-state index < -0.39 is 5.97 Å². The molecule has 0 radical (unpaired) electrons. The van der Waals surface area contributed by atoms with Crippen LogP contribution >= 0.6 is 0 Å². The Morgan fingerprint density at radius 1 is 1.60 bits per heavy atom. The summed E-state index contributed by atoms with van der Waals surface area (Å²) < 4.78 is 4.43. The first-order chi connectivity index (χ1) is 7.13. The lowest BCUT2D eigenvalue weighted by Gasteiger charge is -2.05. The molecule has 0 unspecified atom stereocenters. The topological polar surface area (TPSA) is 87.4 Å². The fourth-order valence-electron chi connectivity index (χ4n) is 1.16. The van der Waals surface area contributed by atoms with E-state index in [0.717, 1.165) is 19.2 Å². The number of nitrogens with zero attached hydrogens (tertiary/aromatic N) is 1. The fraction of sp³-hybridized carbons (Fsp3) is 0.100. The van der Waals surface area contributed by atoms with Crippen LogP contribution < -0.4 is 0 Å². The Morgan fingerprint density at radius 3 is 2.73 bits per heavy atom. The molecular formula is C10H7NO4. The van der Waals surface area contributed by atoms with Gasteiger partial charge in [0.2, 0.25) is 0 Å². The Bertz CT molecular complexity index is 459. The lowest BCUT2D eigenvalue weighted by molar-refractivity contribution is 0.0598. The zero-order chi connectivity index (χ0) is 11.4. The second-order valence-corrected chi connectivity index (χ2v) is 2.68. The second-order valence-electron chi connectivity index (χ2n) is 2.68. The van der Waals surface area contributed by atoms with Crippen LogP contribution in [0.25, 0.3) is 0 Å². The largest absolute Gasteiger partial charge is 0.508 e. The summed E-state index contributed by atoms with van der Waals surface area (Å²) in [6.45, 7) is 0. The lowest BCUT2D eigenvalue weighted by Crippen LogP contribution is -2.08. The Balaban J connectivity index is 3.52. The molecule has 0 saturated heterocycles. The van der Waals surface area contributed by atoms with Gasteiger partial charge in [0.05, 0.1) is 18.2 Å². The number of aromatic hydroxyl groups is 1. The van der Waals surface area contributed by atoms with E-state index in [1.807, 2.05) is 0 Å². The molecule has 0 saturated carbocycles. The molecule has 0 bridgehead atoms. The van der Waals surface area contributed by atoms with Gasteiger partial charge in [0.1, 0.15) is 11.8 Å². The average molecular weight is 205 g/mol. The summed E-state index contributed by atoms with van der Waals surface area (Å²) in [4.78, 5) is 21.9. The highest BCUT2D eigenvalue weighted by atomic mass is 16.5. The van der Waals surface area contributed by atoms with Crippen molar-refractivity contribution in [1.29, 1.82) is 5.26 Å². The number of ether oxygens (including phenoxy) is 1. The van der Waals surface area contributed by atoms with Gasteiger partial charge in [-0.3, -0.25) is 4.79 Å². The predicted octanol–water partition coefficient (Wildman–Crippen LogP) is 0.863. The minimum absolute atomic E-state index is 0.0709. The number of carbonyl (C=O) groups excluding carboxylic acids is 2. The molecule has 76 valence electrons. The SMILES string of the molecule is COC(=O)c1c(C#N)cc(O)cc1C=O. The number of nitriles is 1. The lowest BCUT2D eigenvalue weighted by atomic mass is 10.0. The second kappa shape index (κ2) is 4.24. The number of carbonyl (C=O) groups is 2. The monoisotopic (exact) mass is 205 g/mol. The zero-order valence-corrected chi connectivity index (χ0v) is 7.85. The first-order valence-electron chi connectivity index (χ1n) is 3.94. The summed E-state index contributed by atoms with van der Waals surface area (Å²) in [6.07, 6.45) is 0.382. The van der Waals surface area contributed by atoms with Crippen molar-refractivity contribution in [3.8, 4) is 11.8 Å². The number of rotatable bonds is 2. The van der Waals surface area contributed by atoms with Gasteiger partial charge < -0.3 is 9.84 Å². The molecule has 0 aromatic heterocycles. The van der Waals surface area contributed by atoms with Crippen LogP contribution in [0.1, 0.15) is 26.3 Å². The van der Waals surface area contributed by atoms with Crippen molar-refractivity contribution in [3.05, 3.63) is 28.8 Å². The van der Waals surface area contributed by atoms with Crippen LogP contribution in [-0.2, 0) is 4.74 Å². The van der Waals surface area contributed by atoms with Crippen molar-refractivity contribution in [1.82, 2.24) is 0 Å². The third-order valence-corrected chi connectivity index (χ3v) is 1.79. The summed E-state index contributed by atoms with van der Waals surface area (Å²) in [6, 6.07) is 3.90.